The number of carbonyl (C=O) groups is 1. The Balaban J connectivity index is 3.60. The number of allylic oxidation sites excluding steroid dienone is 7. The summed E-state index contributed by atoms with van der Waals surface area (Å²) < 4.78 is 0. The van der Waals surface area contributed by atoms with E-state index in [-0.39, 0.29) is 12.5 Å². The zero-order valence-electron chi connectivity index (χ0n) is 32.0. The van der Waals surface area contributed by atoms with Gasteiger partial charge in [-0.15, -0.1) is 0 Å². The highest BCUT2D eigenvalue weighted by molar-refractivity contribution is 5.76. The molecular formula is C44H81NO3. The fraction of sp³-hybridized carbons (Fsp3) is 0.795. The van der Waals surface area contributed by atoms with Gasteiger partial charge in [0.2, 0.25) is 5.91 Å². The van der Waals surface area contributed by atoms with Crippen LogP contribution in [0.5, 0.6) is 0 Å². The van der Waals surface area contributed by atoms with E-state index in [4.69, 9.17) is 0 Å². The molecule has 280 valence electrons. The second-order valence-corrected chi connectivity index (χ2v) is 14.0. The summed E-state index contributed by atoms with van der Waals surface area (Å²) in [5, 5.41) is 22.9. The Morgan fingerprint density at radius 2 is 0.875 bits per heavy atom. The Hall–Kier alpha value is -1.65. The minimum atomic E-state index is -0.862. The van der Waals surface area contributed by atoms with E-state index in [1.165, 1.54) is 148 Å². The van der Waals surface area contributed by atoms with Crippen LogP contribution in [-0.4, -0.2) is 34.9 Å². The van der Waals surface area contributed by atoms with Crippen LogP contribution in [0.3, 0.4) is 0 Å². The average molecular weight is 672 g/mol. The Bertz CT molecular complexity index is 771. The van der Waals surface area contributed by atoms with Gasteiger partial charge in [-0.25, -0.2) is 0 Å². The molecule has 0 fully saturated rings. The van der Waals surface area contributed by atoms with Gasteiger partial charge in [-0.05, 0) is 64.2 Å². The molecule has 1 amide bonds. The Kier molecular flexibility index (Phi) is 38.4. The maximum Gasteiger partial charge on any atom is 0.220 e. The van der Waals surface area contributed by atoms with Crippen LogP contribution in [0.2, 0.25) is 0 Å². The summed E-state index contributed by atoms with van der Waals surface area (Å²) >= 11 is 0. The first kappa shape index (κ1) is 46.4. The largest absolute Gasteiger partial charge is 0.394 e. The Morgan fingerprint density at radius 3 is 1.33 bits per heavy atom. The molecule has 4 heteroatoms. The fourth-order valence-electron chi connectivity index (χ4n) is 6.05. The molecule has 2 atom stereocenters. The monoisotopic (exact) mass is 672 g/mol. The molecule has 0 radical (unpaired) electrons. The van der Waals surface area contributed by atoms with Crippen molar-refractivity contribution in [2.45, 2.75) is 219 Å². The van der Waals surface area contributed by atoms with Gasteiger partial charge in [-0.3, -0.25) is 4.79 Å². The lowest BCUT2D eigenvalue weighted by Gasteiger charge is -2.19. The van der Waals surface area contributed by atoms with Crippen LogP contribution in [0.15, 0.2) is 48.6 Å². The first-order valence-corrected chi connectivity index (χ1v) is 20.9. The Labute approximate surface area is 299 Å². The van der Waals surface area contributed by atoms with E-state index in [9.17, 15) is 15.0 Å². The highest BCUT2D eigenvalue weighted by atomic mass is 16.3. The van der Waals surface area contributed by atoms with Crippen molar-refractivity contribution in [2.24, 2.45) is 0 Å². The van der Waals surface area contributed by atoms with Gasteiger partial charge < -0.3 is 15.5 Å². The van der Waals surface area contributed by atoms with Crippen molar-refractivity contribution >= 4 is 5.91 Å². The standard InChI is InChI=1S/C44H81NO3/c1-3-5-7-9-11-13-15-17-18-19-20-21-22-23-24-25-26-28-30-32-34-36-38-40-44(48)45-42(41-46)43(47)39-37-35-33-31-29-27-16-14-12-10-8-6-4-2/h15,17,19-20,29,31,37,39,42-43,46-47H,3-14,16,18,21-28,30,32-36,38,40-41H2,1-2H3,(H,45,48)/b17-15-,20-19-,31-29+,39-37+. The molecular weight excluding hydrogens is 590 g/mol. The second kappa shape index (κ2) is 39.8. The molecule has 4 nitrogen and oxygen atoms in total. The summed E-state index contributed by atoms with van der Waals surface area (Å²) in [5.41, 5.74) is 0. The SMILES string of the molecule is CCCCCCC/C=C\C/C=C\CCCCCCCCCCCCCC(=O)NC(CO)C(O)/C=C/CC/C=C/CCCCCCCCC. The molecule has 0 aliphatic heterocycles. The third kappa shape index (κ3) is 35.7. The summed E-state index contributed by atoms with van der Waals surface area (Å²) in [5.74, 6) is -0.0781. The molecule has 0 spiro atoms. The van der Waals surface area contributed by atoms with Gasteiger partial charge in [0.25, 0.3) is 0 Å². The van der Waals surface area contributed by atoms with E-state index >= 15 is 0 Å². The van der Waals surface area contributed by atoms with Crippen molar-refractivity contribution in [3.05, 3.63) is 48.6 Å². The predicted octanol–water partition coefficient (Wildman–Crippen LogP) is 12.8. The first-order valence-electron chi connectivity index (χ1n) is 20.9. The molecule has 0 heterocycles. The molecule has 0 aliphatic rings. The van der Waals surface area contributed by atoms with Crippen molar-refractivity contribution < 1.29 is 15.0 Å². The molecule has 0 aromatic carbocycles. The van der Waals surface area contributed by atoms with E-state index in [2.05, 4.69) is 55.6 Å². The van der Waals surface area contributed by atoms with Crippen LogP contribution in [-0.2, 0) is 4.79 Å². The van der Waals surface area contributed by atoms with Gasteiger partial charge in [-0.1, -0.05) is 184 Å². The quantitative estimate of drug-likeness (QED) is 0.0455. The Morgan fingerprint density at radius 1 is 0.500 bits per heavy atom. The lowest BCUT2D eigenvalue weighted by Crippen LogP contribution is -2.45. The van der Waals surface area contributed by atoms with Gasteiger partial charge in [0.05, 0.1) is 18.8 Å². The molecule has 0 saturated heterocycles. The summed E-state index contributed by atoms with van der Waals surface area (Å²) in [6, 6.07) is -0.639. The second-order valence-electron chi connectivity index (χ2n) is 14.0. The molecule has 0 aliphatic carbocycles. The van der Waals surface area contributed by atoms with E-state index in [0.717, 1.165) is 38.5 Å². The zero-order chi connectivity index (χ0) is 35.0. The van der Waals surface area contributed by atoms with Crippen LogP contribution in [0, 0.1) is 0 Å². The summed E-state index contributed by atoms with van der Waals surface area (Å²) in [6.07, 6.45) is 53.5. The predicted molar refractivity (Wildman–Crippen MR) is 211 cm³/mol. The molecule has 2 unspecified atom stereocenters. The average Bonchev–Trinajstić information content (AvgIpc) is 3.09. The first-order chi connectivity index (χ1) is 23.7. The van der Waals surface area contributed by atoms with Gasteiger partial charge >= 0.3 is 0 Å². The molecule has 48 heavy (non-hydrogen) atoms. The van der Waals surface area contributed by atoms with Crippen molar-refractivity contribution in [3.63, 3.8) is 0 Å². The molecule has 0 saturated carbocycles. The summed E-state index contributed by atoms with van der Waals surface area (Å²) in [4.78, 5) is 12.3. The topological polar surface area (TPSA) is 69.6 Å². The summed E-state index contributed by atoms with van der Waals surface area (Å²) in [6.45, 7) is 4.27. The van der Waals surface area contributed by atoms with Crippen LogP contribution < -0.4 is 5.32 Å². The number of rotatable bonds is 37. The molecule has 0 aromatic heterocycles. The van der Waals surface area contributed by atoms with Crippen LogP contribution >= 0.6 is 0 Å². The highest BCUT2D eigenvalue weighted by Crippen LogP contribution is 2.14. The van der Waals surface area contributed by atoms with Crippen molar-refractivity contribution in [1.82, 2.24) is 5.32 Å². The van der Waals surface area contributed by atoms with Gasteiger partial charge in [0, 0.05) is 6.42 Å². The number of carbonyl (C=O) groups excluding carboxylic acids is 1. The number of hydrogen-bond donors (Lipinski definition) is 3. The summed E-state index contributed by atoms with van der Waals surface area (Å²) in [7, 11) is 0. The van der Waals surface area contributed by atoms with E-state index in [1.807, 2.05) is 6.08 Å². The molecule has 0 rings (SSSR count). The lowest BCUT2D eigenvalue weighted by molar-refractivity contribution is -0.123. The van der Waals surface area contributed by atoms with E-state index < -0.39 is 12.1 Å². The van der Waals surface area contributed by atoms with E-state index in [1.54, 1.807) is 6.08 Å². The number of unbranched alkanes of at least 4 members (excludes halogenated alkanes) is 24. The number of aliphatic hydroxyl groups is 2. The van der Waals surface area contributed by atoms with Gasteiger partial charge in [-0.2, -0.15) is 0 Å². The third-order valence-corrected chi connectivity index (χ3v) is 9.28. The number of amides is 1. The molecule has 0 aromatic rings. The minimum Gasteiger partial charge on any atom is -0.394 e. The minimum absolute atomic E-state index is 0.0781. The highest BCUT2D eigenvalue weighted by Gasteiger charge is 2.17. The maximum atomic E-state index is 12.3. The van der Waals surface area contributed by atoms with Crippen molar-refractivity contribution in [3.8, 4) is 0 Å². The number of hydrogen-bond acceptors (Lipinski definition) is 3. The lowest BCUT2D eigenvalue weighted by atomic mass is 10.0. The fourth-order valence-corrected chi connectivity index (χ4v) is 6.05. The van der Waals surface area contributed by atoms with Crippen LogP contribution in [0.4, 0.5) is 0 Å². The van der Waals surface area contributed by atoms with Crippen molar-refractivity contribution in [2.75, 3.05) is 6.61 Å². The van der Waals surface area contributed by atoms with Gasteiger partial charge in [0.1, 0.15) is 0 Å². The maximum absolute atomic E-state index is 12.3. The number of nitrogens with one attached hydrogen (secondary N) is 1. The molecule has 0 bridgehead atoms. The zero-order valence-corrected chi connectivity index (χ0v) is 32.0. The molecule has 3 N–H and O–H groups in total. The van der Waals surface area contributed by atoms with Crippen LogP contribution in [0.1, 0.15) is 206 Å². The normalized spacial score (nSPS) is 13.5. The van der Waals surface area contributed by atoms with E-state index in [0.29, 0.717) is 6.42 Å². The van der Waals surface area contributed by atoms with Crippen molar-refractivity contribution in [1.29, 1.82) is 0 Å². The smallest absolute Gasteiger partial charge is 0.220 e. The van der Waals surface area contributed by atoms with Crippen LogP contribution in [0.25, 0.3) is 0 Å². The third-order valence-electron chi connectivity index (χ3n) is 9.28. The number of aliphatic hydroxyl groups excluding tert-OH is 2. The van der Waals surface area contributed by atoms with Gasteiger partial charge in [0.15, 0.2) is 0 Å².